The van der Waals surface area contributed by atoms with Gasteiger partial charge in [0.2, 0.25) is 0 Å². The SMILES string of the molecule is CCOc1cc(OCC)c(/C=C2\SC(=O)N(c3ccccc3Cl)C2=O)cc1Br. The third kappa shape index (κ3) is 4.21. The smallest absolute Gasteiger partial charge is 0.298 e. The quantitative estimate of drug-likeness (QED) is 0.463. The maximum absolute atomic E-state index is 12.9. The van der Waals surface area contributed by atoms with Crippen molar-refractivity contribution in [2.24, 2.45) is 0 Å². The molecular weight excluding hydrogens is 466 g/mol. The van der Waals surface area contributed by atoms with Crippen molar-refractivity contribution in [1.82, 2.24) is 0 Å². The molecule has 2 amide bonds. The molecule has 0 aromatic heterocycles. The number of nitrogens with zero attached hydrogens (tertiary/aromatic N) is 1. The number of anilines is 1. The summed E-state index contributed by atoms with van der Waals surface area (Å²) in [6.07, 6.45) is 1.65. The molecule has 0 unspecified atom stereocenters. The van der Waals surface area contributed by atoms with Gasteiger partial charge in [0.05, 0.1) is 33.3 Å². The van der Waals surface area contributed by atoms with Crippen LogP contribution in [0.1, 0.15) is 19.4 Å². The van der Waals surface area contributed by atoms with Crippen molar-refractivity contribution in [3.05, 3.63) is 56.4 Å². The number of carbonyl (C=O) groups excluding carboxylic acids is 2. The van der Waals surface area contributed by atoms with Gasteiger partial charge < -0.3 is 9.47 Å². The molecule has 1 fully saturated rings. The Hall–Kier alpha value is -1.96. The molecule has 1 aliphatic rings. The number of rotatable bonds is 6. The van der Waals surface area contributed by atoms with Gasteiger partial charge in [0.25, 0.3) is 11.1 Å². The second-order valence-electron chi connectivity index (χ2n) is 5.66. The molecule has 0 radical (unpaired) electrons. The summed E-state index contributed by atoms with van der Waals surface area (Å²) in [7, 11) is 0. The van der Waals surface area contributed by atoms with E-state index in [9.17, 15) is 9.59 Å². The normalized spacial score (nSPS) is 15.4. The summed E-state index contributed by atoms with van der Waals surface area (Å²) in [5, 5.41) is -0.0582. The standard InChI is InChI=1S/C20H17BrClNO4S/c1-3-26-16-11-17(27-4-2)13(21)9-12(16)10-18-19(24)23(20(25)28-18)15-8-6-5-7-14(15)22/h5-11H,3-4H2,1-2H3/b18-10-. The molecule has 0 spiro atoms. The predicted octanol–water partition coefficient (Wildman–Crippen LogP) is 6.14. The summed E-state index contributed by atoms with van der Waals surface area (Å²) in [5.41, 5.74) is 1.04. The van der Waals surface area contributed by atoms with E-state index in [4.69, 9.17) is 21.1 Å². The van der Waals surface area contributed by atoms with Crippen molar-refractivity contribution in [2.75, 3.05) is 18.1 Å². The highest BCUT2D eigenvalue weighted by Gasteiger charge is 2.37. The molecule has 1 aliphatic heterocycles. The number of hydrogen-bond donors (Lipinski definition) is 0. The van der Waals surface area contributed by atoms with E-state index in [0.29, 0.717) is 45.9 Å². The van der Waals surface area contributed by atoms with E-state index >= 15 is 0 Å². The number of amides is 2. The summed E-state index contributed by atoms with van der Waals surface area (Å²) in [6, 6.07) is 10.3. The fraction of sp³-hybridized carbons (Fsp3) is 0.200. The number of ether oxygens (including phenoxy) is 2. The lowest BCUT2D eigenvalue weighted by Gasteiger charge is -2.14. The van der Waals surface area contributed by atoms with Crippen LogP contribution in [0.25, 0.3) is 6.08 Å². The zero-order chi connectivity index (χ0) is 20.3. The van der Waals surface area contributed by atoms with Crippen LogP contribution < -0.4 is 14.4 Å². The van der Waals surface area contributed by atoms with Gasteiger partial charge in [-0.2, -0.15) is 0 Å². The van der Waals surface area contributed by atoms with Gasteiger partial charge in [0, 0.05) is 11.6 Å². The first-order valence-electron chi connectivity index (χ1n) is 8.57. The number of benzene rings is 2. The molecule has 8 heteroatoms. The van der Waals surface area contributed by atoms with Gasteiger partial charge >= 0.3 is 0 Å². The van der Waals surface area contributed by atoms with E-state index in [-0.39, 0.29) is 0 Å². The topological polar surface area (TPSA) is 55.8 Å². The summed E-state index contributed by atoms with van der Waals surface area (Å²) in [4.78, 5) is 26.7. The maximum Gasteiger partial charge on any atom is 0.298 e. The lowest BCUT2D eigenvalue weighted by molar-refractivity contribution is -0.113. The highest BCUT2D eigenvalue weighted by molar-refractivity contribution is 9.10. The van der Waals surface area contributed by atoms with E-state index in [1.54, 1.807) is 42.5 Å². The van der Waals surface area contributed by atoms with Crippen molar-refractivity contribution >= 4 is 62.2 Å². The number of para-hydroxylation sites is 1. The minimum atomic E-state index is -0.421. The molecule has 0 aliphatic carbocycles. The van der Waals surface area contributed by atoms with Crippen LogP contribution in [-0.2, 0) is 4.79 Å². The molecule has 2 aromatic rings. The van der Waals surface area contributed by atoms with E-state index in [1.165, 1.54) is 0 Å². The highest BCUT2D eigenvalue weighted by atomic mass is 79.9. The fourth-order valence-corrected chi connectivity index (χ4v) is 4.18. The maximum atomic E-state index is 12.9. The molecule has 0 saturated carbocycles. The third-order valence-corrected chi connectivity index (χ3v) is 5.65. The molecule has 5 nitrogen and oxygen atoms in total. The predicted molar refractivity (Wildman–Crippen MR) is 116 cm³/mol. The fourth-order valence-electron chi connectivity index (χ4n) is 2.66. The minimum Gasteiger partial charge on any atom is -0.493 e. The Bertz CT molecular complexity index is 963. The molecule has 0 N–H and O–H groups in total. The van der Waals surface area contributed by atoms with E-state index in [1.807, 2.05) is 13.8 Å². The third-order valence-electron chi connectivity index (χ3n) is 3.84. The second-order valence-corrected chi connectivity index (χ2v) is 7.91. The van der Waals surface area contributed by atoms with Gasteiger partial charge in [-0.15, -0.1) is 0 Å². The zero-order valence-corrected chi connectivity index (χ0v) is 18.4. The first kappa shape index (κ1) is 20.8. The minimum absolute atomic E-state index is 0.293. The van der Waals surface area contributed by atoms with Crippen molar-refractivity contribution in [1.29, 1.82) is 0 Å². The lowest BCUT2D eigenvalue weighted by atomic mass is 10.1. The number of imide groups is 1. The van der Waals surface area contributed by atoms with Crippen molar-refractivity contribution < 1.29 is 19.1 Å². The van der Waals surface area contributed by atoms with Crippen LogP contribution in [0.15, 0.2) is 45.8 Å². The van der Waals surface area contributed by atoms with Crippen LogP contribution in [0, 0.1) is 0 Å². The van der Waals surface area contributed by atoms with E-state index in [0.717, 1.165) is 21.1 Å². The van der Waals surface area contributed by atoms with Crippen molar-refractivity contribution in [3.8, 4) is 11.5 Å². The molecule has 1 heterocycles. The number of thioether (sulfide) groups is 1. The second kappa shape index (κ2) is 9.03. The summed E-state index contributed by atoms with van der Waals surface area (Å²) >= 11 is 10.5. The summed E-state index contributed by atoms with van der Waals surface area (Å²) in [5.74, 6) is 0.793. The Kier molecular flexibility index (Phi) is 6.69. The monoisotopic (exact) mass is 481 g/mol. The Morgan fingerprint density at radius 2 is 1.79 bits per heavy atom. The zero-order valence-electron chi connectivity index (χ0n) is 15.2. The van der Waals surface area contributed by atoms with Crippen molar-refractivity contribution in [3.63, 3.8) is 0 Å². The van der Waals surface area contributed by atoms with Crippen LogP contribution in [0.4, 0.5) is 10.5 Å². The van der Waals surface area contributed by atoms with Crippen LogP contribution in [0.2, 0.25) is 5.02 Å². The first-order chi connectivity index (χ1) is 13.5. The molecule has 28 heavy (non-hydrogen) atoms. The van der Waals surface area contributed by atoms with E-state index < -0.39 is 11.1 Å². The highest BCUT2D eigenvalue weighted by Crippen LogP contribution is 2.41. The van der Waals surface area contributed by atoms with Gasteiger partial charge in [-0.25, -0.2) is 4.90 Å². The van der Waals surface area contributed by atoms with Crippen LogP contribution in [-0.4, -0.2) is 24.4 Å². The first-order valence-corrected chi connectivity index (χ1v) is 10.6. The van der Waals surface area contributed by atoms with Crippen LogP contribution in [0.5, 0.6) is 11.5 Å². The molecule has 1 saturated heterocycles. The number of carbonyl (C=O) groups is 2. The Morgan fingerprint density at radius 3 is 2.46 bits per heavy atom. The summed E-state index contributed by atoms with van der Waals surface area (Å²) in [6.45, 7) is 4.73. The average Bonchev–Trinajstić information content (AvgIpc) is 2.93. The largest absolute Gasteiger partial charge is 0.493 e. The van der Waals surface area contributed by atoms with Gasteiger partial charge in [0.15, 0.2) is 0 Å². The summed E-state index contributed by atoms with van der Waals surface area (Å²) < 4.78 is 12.0. The molecular formula is C20H17BrClNO4S. The van der Waals surface area contributed by atoms with Gasteiger partial charge in [-0.1, -0.05) is 23.7 Å². The molecule has 3 rings (SSSR count). The number of hydrogen-bond acceptors (Lipinski definition) is 5. The van der Waals surface area contributed by atoms with Crippen LogP contribution >= 0.6 is 39.3 Å². The Balaban J connectivity index is 2.00. The van der Waals surface area contributed by atoms with Gasteiger partial charge in [-0.3, -0.25) is 9.59 Å². The van der Waals surface area contributed by atoms with Gasteiger partial charge in [-0.05, 0) is 65.8 Å². The Labute approximate surface area is 180 Å². The number of halogens is 2. The Morgan fingerprint density at radius 1 is 1.11 bits per heavy atom. The lowest BCUT2D eigenvalue weighted by Crippen LogP contribution is -2.27. The molecule has 0 atom stereocenters. The molecule has 146 valence electrons. The van der Waals surface area contributed by atoms with Crippen molar-refractivity contribution in [2.45, 2.75) is 13.8 Å². The van der Waals surface area contributed by atoms with Gasteiger partial charge in [0.1, 0.15) is 11.5 Å². The molecule has 0 bridgehead atoms. The van der Waals surface area contributed by atoms with Crippen LogP contribution in [0.3, 0.4) is 0 Å². The molecule has 2 aromatic carbocycles. The van der Waals surface area contributed by atoms with E-state index in [2.05, 4.69) is 15.9 Å². The average molecular weight is 483 g/mol.